The molecule has 96 valence electrons. The Labute approximate surface area is 111 Å². The second-order valence-corrected chi connectivity index (χ2v) is 4.28. The lowest BCUT2D eigenvalue weighted by Gasteiger charge is -2.02. The normalized spacial score (nSPS) is 11.1. The van der Waals surface area contributed by atoms with Crippen LogP contribution in [-0.2, 0) is 13.6 Å². The molecule has 0 aliphatic rings. The lowest BCUT2D eigenvalue weighted by Crippen LogP contribution is -2.25. The summed E-state index contributed by atoms with van der Waals surface area (Å²) in [4.78, 5) is 20.1. The van der Waals surface area contributed by atoms with Crippen molar-refractivity contribution in [1.82, 2.24) is 34.7 Å². The van der Waals surface area contributed by atoms with Gasteiger partial charge in [0.1, 0.15) is 10.5 Å². The van der Waals surface area contributed by atoms with Gasteiger partial charge in [0.15, 0.2) is 5.65 Å². The van der Waals surface area contributed by atoms with Crippen LogP contribution in [0.25, 0.3) is 11.0 Å². The van der Waals surface area contributed by atoms with Crippen LogP contribution in [0.3, 0.4) is 0 Å². The molecule has 0 amide bonds. The van der Waals surface area contributed by atoms with Crippen LogP contribution < -0.4 is 5.56 Å². The molecule has 0 atom stereocenters. The molecule has 0 saturated carbocycles. The molecule has 0 aliphatic carbocycles. The second-order valence-electron chi connectivity index (χ2n) is 3.89. The molecule has 0 unspecified atom stereocenters. The summed E-state index contributed by atoms with van der Waals surface area (Å²) >= 11 is 5.65. The molecular weight excluding hydrogens is 270 g/mol. The van der Waals surface area contributed by atoms with Gasteiger partial charge in [-0.3, -0.25) is 9.78 Å². The highest BCUT2D eigenvalue weighted by atomic mass is 35.5. The van der Waals surface area contributed by atoms with Crippen molar-refractivity contribution in [2.24, 2.45) is 7.05 Å². The number of aryl methyl sites for hydroxylation is 1. The van der Waals surface area contributed by atoms with Crippen LogP contribution in [0.2, 0.25) is 5.15 Å². The van der Waals surface area contributed by atoms with E-state index in [1.54, 1.807) is 7.05 Å². The first-order valence-corrected chi connectivity index (χ1v) is 5.75. The molecule has 3 rings (SSSR count). The predicted molar refractivity (Wildman–Crippen MR) is 66.7 cm³/mol. The molecule has 0 N–H and O–H groups in total. The molecular formula is C10H8ClN7O. The molecule has 0 fully saturated rings. The molecule has 0 saturated heterocycles. The fourth-order valence-corrected chi connectivity index (χ4v) is 1.75. The lowest BCUT2D eigenvalue weighted by molar-refractivity contribution is 0.585. The molecule has 3 aromatic rings. The van der Waals surface area contributed by atoms with E-state index >= 15 is 0 Å². The van der Waals surface area contributed by atoms with Gasteiger partial charge in [-0.2, -0.15) is 5.10 Å². The van der Waals surface area contributed by atoms with Crippen molar-refractivity contribution in [3.05, 3.63) is 39.8 Å². The highest BCUT2D eigenvalue weighted by Crippen LogP contribution is 2.04. The van der Waals surface area contributed by atoms with Crippen LogP contribution in [0.1, 0.15) is 5.69 Å². The Hall–Kier alpha value is -2.35. The van der Waals surface area contributed by atoms with E-state index in [9.17, 15) is 4.79 Å². The molecule has 3 heterocycles. The first-order valence-electron chi connectivity index (χ1n) is 5.37. The van der Waals surface area contributed by atoms with Crippen molar-refractivity contribution < 1.29 is 0 Å². The summed E-state index contributed by atoms with van der Waals surface area (Å²) in [5, 5.41) is 12.5. The Bertz CT molecular complexity index is 792. The van der Waals surface area contributed by atoms with Gasteiger partial charge in [0.25, 0.3) is 5.56 Å². The first-order chi connectivity index (χ1) is 9.15. The van der Waals surface area contributed by atoms with Gasteiger partial charge in [0.2, 0.25) is 0 Å². The van der Waals surface area contributed by atoms with E-state index in [1.165, 1.54) is 28.0 Å². The average molecular weight is 278 g/mol. The minimum absolute atomic E-state index is 0.181. The number of hydrogen-bond donors (Lipinski definition) is 0. The number of hydrogen-bond acceptors (Lipinski definition) is 6. The van der Waals surface area contributed by atoms with Gasteiger partial charge in [0.05, 0.1) is 30.8 Å². The van der Waals surface area contributed by atoms with Crippen LogP contribution in [0.5, 0.6) is 0 Å². The van der Waals surface area contributed by atoms with Gasteiger partial charge in [-0.05, 0) is 0 Å². The van der Waals surface area contributed by atoms with Crippen LogP contribution in [0.4, 0.5) is 0 Å². The monoisotopic (exact) mass is 277 g/mol. The second kappa shape index (κ2) is 4.39. The molecule has 0 bridgehead atoms. The van der Waals surface area contributed by atoms with Gasteiger partial charge >= 0.3 is 0 Å². The zero-order valence-corrected chi connectivity index (χ0v) is 10.6. The fraction of sp³-hybridized carbons (Fsp3) is 0.200. The molecule has 0 radical (unpaired) electrons. The van der Waals surface area contributed by atoms with Gasteiger partial charge in [0, 0.05) is 7.05 Å². The molecule has 0 aliphatic heterocycles. The lowest BCUT2D eigenvalue weighted by atomic mass is 10.4. The zero-order valence-electron chi connectivity index (χ0n) is 9.86. The molecule has 8 nitrogen and oxygen atoms in total. The summed E-state index contributed by atoms with van der Waals surface area (Å²) in [6.45, 7) is 0.181. The van der Waals surface area contributed by atoms with Crippen molar-refractivity contribution in [3.8, 4) is 0 Å². The molecule has 3 aromatic heterocycles. The fourth-order valence-electron chi connectivity index (χ4n) is 1.65. The SMILES string of the molecule is Cn1ncc2c(=O)n(Cc3cnc(Cl)cn3)nnc21. The van der Waals surface area contributed by atoms with E-state index < -0.39 is 0 Å². The highest BCUT2D eigenvalue weighted by molar-refractivity contribution is 6.29. The third kappa shape index (κ3) is 2.06. The maximum Gasteiger partial charge on any atom is 0.281 e. The minimum Gasteiger partial charge on any atom is -0.267 e. The van der Waals surface area contributed by atoms with E-state index in [4.69, 9.17) is 11.6 Å². The van der Waals surface area contributed by atoms with Crippen LogP contribution in [0.15, 0.2) is 23.4 Å². The largest absolute Gasteiger partial charge is 0.281 e. The van der Waals surface area contributed by atoms with E-state index in [-0.39, 0.29) is 12.1 Å². The summed E-state index contributed by atoms with van der Waals surface area (Å²) in [6, 6.07) is 0. The van der Waals surface area contributed by atoms with Crippen molar-refractivity contribution in [1.29, 1.82) is 0 Å². The van der Waals surface area contributed by atoms with E-state index in [0.29, 0.717) is 21.9 Å². The number of nitrogens with zero attached hydrogens (tertiary/aromatic N) is 7. The zero-order chi connectivity index (χ0) is 13.4. The third-order valence-electron chi connectivity index (χ3n) is 2.61. The Morgan fingerprint density at radius 1 is 1.26 bits per heavy atom. The van der Waals surface area contributed by atoms with Gasteiger partial charge < -0.3 is 0 Å². The Kier molecular flexibility index (Phi) is 2.71. The van der Waals surface area contributed by atoms with E-state index in [0.717, 1.165) is 0 Å². The maximum absolute atomic E-state index is 12.1. The summed E-state index contributed by atoms with van der Waals surface area (Å²) in [5.41, 5.74) is 0.752. The van der Waals surface area contributed by atoms with E-state index in [1.807, 2.05) is 0 Å². The molecule has 0 aromatic carbocycles. The average Bonchev–Trinajstić information content (AvgIpc) is 2.78. The summed E-state index contributed by atoms with van der Waals surface area (Å²) in [6.07, 6.45) is 4.37. The number of halogens is 1. The molecule has 9 heteroatoms. The summed E-state index contributed by atoms with van der Waals surface area (Å²) < 4.78 is 2.71. The Morgan fingerprint density at radius 3 is 2.84 bits per heavy atom. The maximum atomic E-state index is 12.1. The molecule has 19 heavy (non-hydrogen) atoms. The minimum atomic E-state index is -0.269. The van der Waals surface area contributed by atoms with Crippen LogP contribution in [0, 0.1) is 0 Å². The van der Waals surface area contributed by atoms with E-state index in [2.05, 4.69) is 25.4 Å². The van der Waals surface area contributed by atoms with Crippen molar-refractivity contribution in [3.63, 3.8) is 0 Å². The Morgan fingerprint density at radius 2 is 2.11 bits per heavy atom. The molecule has 0 spiro atoms. The predicted octanol–water partition coefficient (Wildman–Crippen LogP) is 0.0167. The van der Waals surface area contributed by atoms with Crippen LogP contribution >= 0.6 is 11.6 Å². The topological polar surface area (TPSA) is 91.4 Å². The standard InChI is InChI=1S/C10H8ClN7O/c1-17-9-7(3-14-17)10(19)18(16-15-9)5-6-2-13-8(11)4-12-6/h2-4H,5H2,1H3. The Balaban J connectivity index is 2.04. The first kappa shape index (κ1) is 11.7. The van der Waals surface area contributed by atoms with Crippen molar-refractivity contribution in [2.75, 3.05) is 0 Å². The number of fused-ring (bicyclic) bond motifs is 1. The summed E-state index contributed by atoms with van der Waals surface area (Å²) in [5.74, 6) is 0. The van der Waals surface area contributed by atoms with Gasteiger partial charge in [-0.15, -0.1) is 5.10 Å². The van der Waals surface area contributed by atoms with Crippen molar-refractivity contribution >= 4 is 22.6 Å². The highest BCUT2D eigenvalue weighted by Gasteiger charge is 2.10. The smallest absolute Gasteiger partial charge is 0.267 e. The summed E-state index contributed by atoms with van der Waals surface area (Å²) in [7, 11) is 1.70. The third-order valence-corrected chi connectivity index (χ3v) is 2.80. The number of rotatable bonds is 2. The van der Waals surface area contributed by atoms with Crippen LogP contribution in [-0.4, -0.2) is 34.7 Å². The van der Waals surface area contributed by atoms with Gasteiger partial charge in [-0.25, -0.2) is 14.3 Å². The van der Waals surface area contributed by atoms with Gasteiger partial charge in [-0.1, -0.05) is 16.8 Å². The quantitative estimate of drug-likeness (QED) is 0.656. The van der Waals surface area contributed by atoms with Crippen molar-refractivity contribution in [2.45, 2.75) is 6.54 Å². The number of aromatic nitrogens is 7.